The van der Waals surface area contributed by atoms with E-state index in [0.717, 1.165) is 5.56 Å². The Morgan fingerprint density at radius 1 is 1.54 bits per heavy atom. The molecule has 4 heteroatoms. The summed E-state index contributed by atoms with van der Waals surface area (Å²) in [5.74, 6) is -0.423. The third kappa shape index (κ3) is 2.11. The minimum absolute atomic E-state index is 0.0339. The summed E-state index contributed by atoms with van der Waals surface area (Å²) in [6.45, 7) is 1.79. The molecule has 72 valence electrons. The molecule has 0 saturated heterocycles. The Labute approximate surface area is 81.4 Å². The lowest BCUT2D eigenvalue weighted by atomic mass is 10.1. The molecule has 0 amide bonds. The summed E-state index contributed by atoms with van der Waals surface area (Å²) in [6.07, 6.45) is 0. The first-order chi connectivity index (χ1) is 6.06. The molecule has 1 atom stereocenters. The lowest BCUT2D eigenvalue weighted by Gasteiger charge is -2.09. The Hall–Kier alpha value is -0.800. The molecule has 1 aromatic rings. The van der Waals surface area contributed by atoms with E-state index < -0.39 is 5.82 Å². The molecule has 2 nitrogen and oxygen atoms in total. The van der Waals surface area contributed by atoms with Crippen molar-refractivity contribution in [2.24, 2.45) is 5.73 Å². The number of methoxy groups -OCH3 is 1. The highest BCUT2D eigenvalue weighted by Gasteiger charge is 2.11. The molecule has 1 aromatic carbocycles. The maximum Gasteiger partial charge on any atom is 0.183 e. The van der Waals surface area contributed by atoms with Gasteiger partial charge in [0.25, 0.3) is 0 Å². The van der Waals surface area contributed by atoms with E-state index in [-0.39, 0.29) is 16.8 Å². The van der Waals surface area contributed by atoms with Crippen LogP contribution in [0.1, 0.15) is 18.5 Å². The van der Waals surface area contributed by atoms with Crippen LogP contribution >= 0.6 is 11.6 Å². The first-order valence-electron chi connectivity index (χ1n) is 3.84. The Kier molecular flexibility index (Phi) is 3.12. The molecule has 1 rings (SSSR count). The molecule has 0 spiro atoms. The van der Waals surface area contributed by atoms with Gasteiger partial charge in [0.05, 0.1) is 12.1 Å². The number of halogens is 2. The van der Waals surface area contributed by atoms with Crippen LogP contribution in [-0.4, -0.2) is 7.11 Å². The SMILES string of the molecule is COc1cc(C(C)N)cc(Cl)c1F. The minimum Gasteiger partial charge on any atom is -0.494 e. The fourth-order valence-corrected chi connectivity index (χ4v) is 1.21. The Morgan fingerprint density at radius 2 is 2.15 bits per heavy atom. The smallest absolute Gasteiger partial charge is 0.183 e. The topological polar surface area (TPSA) is 35.2 Å². The van der Waals surface area contributed by atoms with Crippen LogP contribution < -0.4 is 10.5 Å². The summed E-state index contributed by atoms with van der Waals surface area (Å²) in [5.41, 5.74) is 6.37. The van der Waals surface area contributed by atoms with Crippen LogP contribution in [0.3, 0.4) is 0 Å². The lowest BCUT2D eigenvalue weighted by molar-refractivity contribution is 0.385. The van der Waals surface area contributed by atoms with Gasteiger partial charge in [0.1, 0.15) is 0 Å². The van der Waals surface area contributed by atoms with Gasteiger partial charge in [-0.05, 0) is 24.6 Å². The molecule has 0 bridgehead atoms. The Morgan fingerprint density at radius 3 is 2.62 bits per heavy atom. The number of ether oxygens (including phenoxy) is 1. The zero-order chi connectivity index (χ0) is 10.0. The zero-order valence-corrected chi connectivity index (χ0v) is 8.23. The largest absolute Gasteiger partial charge is 0.494 e. The third-order valence-corrected chi connectivity index (χ3v) is 2.04. The van der Waals surface area contributed by atoms with Crippen molar-refractivity contribution < 1.29 is 9.13 Å². The standard InChI is InChI=1S/C9H11ClFNO/c1-5(12)6-3-7(10)9(11)8(4-6)13-2/h3-5H,12H2,1-2H3. The Bertz CT molecular complexity index is 315. The first-order valence-corrected chi connectivity index (χ1v) is 4.22. The van der Waals surface area contributed by atoms with E-state index in [1.54, 1.807) is 13.0 Å². The normalized spacial score (nSPS) is 12.7. The summed E-state index contributed by atoms with van der Waals surface area (Å²) in [7, 11) is 1.39. The Balaban J connectivity index is 3.22. The average Bonchev–Trinajstić information content (AvgIpc) is 2.09. The molecule has 0 aromatic heterocycles. The molecule has 0 aliphatic carbocycles. The van der Waals surface area contributed by atoms with Crippen LogP contribution in [0, 0.1) is 5.82 Å². The van der Waals surface area contributed by atoms with Crippen molar-refractivity contribution in [1.82, 2.24) is 0 Å². The number of hydrogen-bond acceptors (Lipinski definition) is 2. The molecule has 13 heavy (non-hydrogen) atoms. The average molecular weight is 204 g/mol. The van der Waals surface area contributed by atoms with Crippen LogP contribution in [-0.2, 0) is 0 Å². The van der Waals surface area contributed by atoms with E-state index in [1.807, 2.05) is 0 Å². The molecular weight excluding hydrogens is 193 g/mol. The van der Waals surface area contributed by atoms with Gasteiger partial charge in [0, 0.05) is 6.04 Å². The van der Waals surface area contributed by atoms with Gasteiger partial charge in [-0.1, -0.05) is 11.6 Å². The number of benzene rings is 1. The fraction of sp³-hybridized carbons (Fsp3) is 0.333. The number of hydrogen-bond donors (Lipinski definition) is 1. The predicted octanol–water partition coefficient (Wildman–Crippen LogP) is 2.51. The van der Waals surface area contributed by atoms with Crippen molar-refractivity contribution >= 4 is 11.6 Å². The second-order valence-corrected chi connectivity index (χ2v) is 3.21. The zero-order valence-electron chi connectivity index (χ0n) is 7.47. The molecule has 0 fully saturated rings. The van der Waals surface area contributed by atoms with Gasteiger partial charge >= 0.3 is 0 Å². The van der Waals surface area contributed by atoms with Gasteiger partial charge in [0.2, 0.25) is 0 Å². The number of rotatable bonds is 2. The van der Waals surface area contributed by atoms with Crippen LogP contribution in [0.25, 0.3) is 0 Å². The van der Waals surface area contributed by atoms with Crippen LogP contribution in [0.5, 0.6) is 5.75 Å². The van der Waals surface area contributed by atoms with E-state index in [0.29, 0.717) is 0 Å². The van der Waals surface area contributed by atoms with E-state index in [1.165, 1.54) is 13.2 Å². The molecule has 0 radical (unpaired) electrons. The van der Waals surface area contributed by atoms with Crippen LogP contribution in [0.2, 0.25) is 5.02 Å². The number of nitrogens with two attached hydrogens (primary N) is 1. The molecular formula is C9H11ClFNO. The summed E-state index contributed by atoms with van der Waals surface area (Å²) in [5, 5.41) is 0.0339. The highest BCUT2D eigenvalue weighted by molar-refractivity contribution is 6.31. The second-order valence-electron chi connectivity index (χ2n) is 2.81. The fourth-order valence-electron chi connectivity index (χ4n) is 0.995. The van der Waals surface area contributed by atoms with Gasteiger partial charge in [0.15, 0.2) is 11.6 Å². The second kappa shape index (κ2) is 3.94. The lowest BCUT2D eigenvalue weighted by Crippen LogP contribution is -2.05. The van der Waals surface area contributed by atoms with E-state index >= 15 is 0 Å². The quantitative estimate of drug-likeness (QED) is 0.802. The minimum atomic E-state index is -0.548. The van der Waals surface area contributed by atoms with Crippen molar-refractivity contribution in [3.05, 3.63) is 28.5 Å². The summed E-state index contributed by atoms with van der Waals surface area (Å²) in [4.78, 5) is 0. The van der Waals surface area contributed by atoms with Crippen LogP contribution in [0.4, 0.5) is 4.39 Å². The highest BCUT2D eigenvalue weighted by Crippen LogP contribution is 2.28. The van der Waals surface area contributed by atoms with Crippen molar-refractivity contribution in [2.45, 2.75) is 13.0 Å². The van der Waals surface area contributed by atoms with Gasteiger partial charge < -0.3 is 10.5 Å². The van der Waals surface area contributed by atoms with Crippen molar-refractivity contribution in [2.75, 3.05) is 7.11 Å². The van der Waals surface area contributed by atoms with E-state index in [9.17, 15) is 4.39 Å². The highest BCUT2D eigenvalue weighted by atomic mass is 35.5. The summed E-state index contributed by atoms with van der Waals surface area (Å²) >= 11 is 5.63. The summed E-state index contributed by atoms with van der Waals surface area (Å²) < 4.78 is 17.9. The maximum atomic E-state index is 13.1. The van der Waals surface area contributed by atoms with Crippen molar-refractivity contribution in [1.29, 1.82) is 0 Å². The third-order valence-electron chi connectivity index (χ3n) is 1.76. The molecule has 0 aliphatic rings. The van der Waals surface area contributed by atoms with Gasteiger partial charge in [-0.3, -0.25) is 0 Å². The molecule has 1 unspecified atom stereocenters. The van der Waals surface area contributed by atoms with Gasteiger partial charge in [-0.25, -0.2) is 4.39 Å². The van der Waals surface area contributed by atoms with E-state index in [4.69, 9.17) is 22.1 Å². The van der Waals surface area contributed by atoms with Gasteiger partial charge in [-0.15, -0.1) is 0 Å². The maximum absolute atomic E-state index is 13.1. The monoisotopic (exact) mass is 203 g/mol. The molecule has 0 saturated carbocycles. The molecule has 0 aliphatic heterocycles. The first kappa shape index (κ1) is 10.3. The van der Waals surface area contributed by atoms with Gasteiger partial charge in [-0.2, -0.15) is 0 Å². The van der Waals surface area contributed by atoms with Crippen molar-refractivity contribution in [3.8, 4) is 5.75 Å². The molecule has 2 N–H and O–H groups in total. The van der Waals surface area contributed by atoms with Crippen LogP contribution in [0.15, 0.2) is 12.1 Å². The molecule has 0 heterocycles. The summed E-state index contributed by atoms with van der Waals surface area (Å²) in [6, 6.07) is 2.86. The van der Waals surface area contributed by atoms with E-state index in [2.05, 4.69) is 0 Å². The van der Waals surface area contributed by atoms with Crippen molar-refractivity contribution in [3.63, 3.8) is 0 Å². The predicted molar refractivity (Wildman–Crippen MR) is 50.6 cm³/mol.